The Labute approximate surface area is 156 Å². The van der Waals surface area contributed by atoms with Crippen LogP contribution in [0.1, 0.15) is 41.6 Å². The second-order valence-corrected chi connectivity index (χ2v) is 8.24. The Bertz CT molecular complexity index is 642. The van der Waals surface area contributed by atoms with Crippen LogP contribution in [0.4, 0.5) is 5.69 Å². The number of carbonyl (C=O) groups is 1. The van der Waals surface area contributed by atoms with Crippen molar-refractivity contribution in [3.63, 3.8) is 0 Å². The van der Waals surface area contributed by atoms with E-state index < -0.39 is 0 Å². The van der Waals surface area contributed by atoms with Gasteiger partial charge in [0.05, 0.1) is 11.3 Å². The molecule has 0 saturated carbocycles. The van der Waals surface area contributed by atoms with Gasteiger partial charge >= 0.3 is 0 Å². The quantitative estimate of drug-likeness (QED) is 0.868. The summed E-state index contributed by atoms with van der Waals surface area (Å²) in [5.74, 6) is 0.795. The number of benzene rings is 1. The normalized spacial score (nSPS) is 26.4. The summed E-state index contributed by atoms with van der Waals surface area (Å²) in [7, 11) is 0. The monoisotopic (exact) mass is 357 g/mol. The van der Waals surface area contributed by atoms with Crippen LogP contribution in [0.25, 0.3) is 0 Å². The maximum absolute atomic E-state index is 13.3. The second kappa shape index (κ2) is 7.97. The molecule has 4 rings (SSSR count). The van der Waals surface area contributed by atoms with E-state index in [1.54, 1.807) is 0 Å². The molecule has 0 unspecified atom stereocenters. The minimum Gasteiger partial charge on any atom is -0.396 e. The summed E-state index contributed by atoms with van der Waals surface area (Å²) >= 11 is 0. The summed E-state index contributed by atoms with van der Waals surface area (Å²) in [6.07, 6.45) is 5.78. The number of fused-ring (bicyclic) bond motifs is 1. The molecule has 1 amide bonds. The van der Waals surface area contributed by atoms with Gasteiger partial charge in [0.25, 0.3) is 5.91 Å². The summed E-state index contributed by atoms with van der Waals surface area (Å²) in [6.45, 7) is 6.03. The highest BCUT2D eigenvalue weighted by molar-refractivity contribution is 6.00. The van der Waals surface area contributed by atoms with Gasteiger partial charge in [-0.3, -0.25) is 4.79 Å². The first-order valence-electron chi connectivity index (χ1n) is 10.2. The van der Waals surface area contributed by atoms with E-state index in [2.05, 4.69) is 16.3 Å². The number of anilines is 1. The number of amides is 1. The maximum Gasteiger partial charge on any atom is 0.255 e. The highest BCUT2D eigenvalue weighted by Crippen LogP contribution is 2.30. The van der Waals surface area contributed by atoms with E-state index in [0.29, 0.717) is 12.5 Å². The Balaban J connectivity index is 1.50. The van der Waals surface area contributed by atoms with Gasteiger partial charge in [0.2, 0.25) is 0 Å². The van der Waals surface area contributed by atoms with Crippen LogP contribution in [0.15, 0.2) is 18.2 Å². The third-order valence-electron chi connectivity index (χ3n) is 6.19. The molecule has 0 aromatic heterocycles. The number of likely N-dealkylation sites (tertiary alicyclic amines) is 2. The van der Waals surface area contributed by atoms with Gasteiger partial charge < -0.3 is 20.2 Å². The molecule has 0 radical (unpaired) electrons. The van der Waals surface area contributed by atoms with Crippen molar-refractivity contribution in [2.24, 2.45) is 11.8 Å². The average Bonchev–Trinajstić information content (AvgIpc) is 3.19. The number of rotatable bonds is 4. The molecule has 0 aliphatic carbocycles. The molecule has 5 nitrogen and oxygen atoms in total. The lowest BCUT2D eigenvalue weighted by molar-refractivity contribution is 0.0466. The minimum atomic E-state index is 0.126. The molecule has 2 saturated heterocycles. The highest BCUT2D eigenvalue weighted by atomic mass is 16.3. The largest absolute Gasteiger partial charge is 0.396 e. The average molecular weight is 357 g/mol. The van der Waals surface area contributed by atoms with E-state index in [1.807, 2.05) is 17.0 Å². The fraction of sp³-hybridized carbons (Fsp3) is 0.667. The van der Waals surface area contributed by atoms with Crippen LogP contribution >= 0.6 is 0 Å². The molecule has 142 valence electrons. The SMILES string of the molecule is O=C(c1cccc2c1NCCC2)N1C[C@H](CO)C[C@H](CN2CCCC2)C1. The molecule has 2 N–H and O–H groups in total. The lowest BCUT2D eigenvalue weighted by Crippen LogP contribution is -2.47. The van der Waals surface area contributed by atoms with Gasteiger partial charge in [-0.25, -0.2) is 0 Å². The van der Waals surface area contributed by atoms with Crippen molar-refractivity contribution in [3.8, 4) is 0 Å². The first-order valence-corrected chi connectivity index (χ1v) is 10.2. The fourth-order valence-corrected chi connectivity index (χ4v) is 4.94. The topological polar surface area (TPSA) is 55.8 Å². The Morgan fingerprint density at radius 1 is 1.15 bits per heavy atom. The zero-order valence-corrected chi connectivity index (χ0v) is 15.6. The van der Waals surface area contributed by atoms with Gasteiger partial charge in [-0.2, -0.15) is 0 Å². The summed E-state index contributed by atoms with van der Waals surface area (Å²) in [6, 6.07) is 6.09. The van der Waals surface area contributed by atoms with E-state index in [0.717, 1.165) is 50.1 Å². The summed E-state index contributed by atoms with van der Waals surface area (Å²) in [4.78, 5) is 17.8. The number of piperidine rings is 1. The summed E-state index contributed by atoms with van der Waals surface area (Å²) in [5, 5.41) is 13.2. The first kappa shape index (κ1) is 17.8. The van der Waals surface area contributed by atoms with E-state index in [4.69, 9.17) is 0 Å². The van der Waals surface area contributed by atoms with E-state index >= 15 is 0 Å². The smallest absolute Gasteiger partial charge is 0.255 e. The third kappa shape index (κ3) is 3.74. The lowest BCUT2D eigenvalue weighted by Gasteiger charge is -2.39. The standard InChI is InChI=1S/C21H31N3O2/c25-15-17-11-16(12-23-9-1-2-10-23)13-24(14-17)21(26)19-7-3-5-18-6-4-8-22-20(18)19/h3,5,7,16-17,22,25H,1-2,4,6,8-15H2/t16-,17-/m1/s1. The Morgan fingerprint density at radius 2 is 1.96 bits per heavy atom. The highest BCUT2D eigenvalue weighted by Gasteiger charge is 2.32. The molecule has 0 spiro atoms. The van der Waals surface area contributed by atoms with Gasteiger partial charge in [0.1, 0.15) is 0 Å². The lowest BCUT2D eigenvalue weighted by atomic mass is 9.88. The van der Waals surface area contributed by atoms with Crippen molar-refractivity contribution < 1.29 is 9.90 Å². The number of carbonyl (C=O) groups excluding carboxylic acids is 1. The fourth-order valence-electron chi connectivity index (χ4n) is 4.94. The van der Waals surface area contributed by atoms with E-state index in [1.165, 1.54) is 31.5 Å². The van der Waals surface area contributed by atoms with Crippen molar-refractivity contribution in [3.05, 3.63) is 29.3 Å². The number of hydrogen-bond acceptors (Lipinski definition) is 4. The number of aliphatic hydroxyl groups is 1. The molecule has 3 heterocycles. The van der Waals surface area contributed by atoms with E-state index in [9.17, 15) is 9.90 Å². The predicted octanol–water partition coefficient (Wildman–Crippen LogP) is 2.21. The van der Waals surface area contributed by atoms with Gasteiger partial charge in [-0.05, 0) is 68.7 Å². The predicted molar refractivity (Wildman–Crippen MR) is 104 cm³/mol. The van der Waals surface area contributed by atoms with Crippen LogP contribution in [0.5, 0.6) is 0 Å². The molecule has 3 aliphatic rings. The van der Waals surface area contributed by atoms with Crippen molar-refractivity contribution >= 4 is 11.6 Å². The number of aryl methyl sites for hydroxylation is 1. The molecule has 5 heteroatoms. The number of nitrogens with zero attached hydrogens (tertiary/aromatic N) is 2. The summed E-state index contributed by atoms with van der Waals surface area (Å²) < 4.78 is 0. The van der Waals surface area contributed by atoms with E-state index in [-0.39, 0.29) is 18.4 Å². The third-order valence-corrected chi connectivity index (χ3v) is 6.19. The van der Waals surface area contributed by atoms with Crippen LogP contribution in [0, 0.1) is 11.8 Å². The van der Waals surface area contributed by atoms with Gasteiger partial charge in [0, 0.05) is 32.8 Å². The van der Waals surface area contributed by atoms with Crippen molar-refractivity contribution in [1.29, 1.82) is 0 Å². The molecule has 1 aromatic carbocycles. The second-order valence-electron chi connectivity index (χ2n) is 8.24. The number of hydrogen-bond donors (Lipinski definition) is 2. The molecule has 1 aromatic rings. The molecular formula is C21H31N3O2. The van der Waals surface area contributed by atoms with Crippen molar-refractivity contribution in [2.45, 2.75) is 32.1 Å². The van der Waals surface area contributed by atoms with Gasteiger partial charge in [-0.15, -0.1) is 0 Å². The van der Waals surface area contributed by atoms with Crippen LogP contribution in [-0.4, -0.2) is 66.7 Å². The Kier molecular flexibility index (Phi) is 5.46. The number of para-hydroxylation sites is 1. The molecule has 2 atom stereocenters. The van der Waals surface area contributed by atoms with Gasteiger partial charge in [-0.1, -0.05) is 12.1 Å². The zero-order chi connectivity index (χ0) is 17.9. The van der Waals surface area contributed by atoms with Crippen molar-refractivity contribution in [2.75, 3.05) is 51.2 Å². The van der Waals surface area contributed by atoms with Crippen molar-refractivity contribution in [1.82, 2.24) is 9.80 Å². The Hall–Kier alpha value is -1.59. The molecule has 0 bridgehead atoms. The first-order chi connectivity index (χ1) is 12.7. The van der Waals surface area contributed by atoms with Crippen LogP contribution in [0.3, 0.4) is 0 Å². The number of aliphatic hydroxyl groups excluding tert-OH is 1. The van der Waals surface area contributed by atoms with Gasteiger partial charge in [0.15, 0.2) is 0 Å². The number of nitrogens with one attached hydrogen (secondary N) is 1. The molecular weight excluding hydrogens is 326 g/mol. The van der Waals surface area contributed by atoms with Crippen LogP contribution < -0.4 is 5.32 Å². The Morgan fingerprint density at radius 3 is 2.77 bits per heavy atom. The minimum absolute atomic E-state index is 0.126. The van der Waals surface area contributed by atoms with Crippen LogP contribution in [0.2, 0.25) is 0 Å². The molecule has 2 fully saturated rings. The maximum atomic E-state index is 13.3. The summed E-state index contributed by atoms with van der Waals surface area (Å²) in [5.41, 5.74) is 3.10. The molecule has 26 heavy (non-hydrogen) atoms. The molecule has 3 aliphatic heterocycles. The van der Waals surface area contributed by atoms with Crippen LogP contribution in [-0.2, 0) is 6.42 Å². The zero-order valence-electron chi connectivity index (χ0n) is 15.6.